The van der Waals surface area contributed by atoms with Crippen molar-refractivity contribution < 1.29 is 4.79 Å². The Bertz CT molecular complexity index is 603. The summed E-state index contributed by atoms with van der Waals surface area (Å²) in [6.07, 6.45) is 17.6. The fourth-order valence-electron chi connectivity index (χ4n) is 5.06. The summed E-state index contributed by atoms with van der Waals surface area (Å²) < 4.78 is 2.41. The van der Waals surface area contributed by atoms with Crippen molar-refractivity contribution in [2.45, 2.75) is 89.1 Å². The van der Waals surface area contributed by atoms with Crippen LogP contribution in [-0.2, 0) is 11.3 Å². The average Bonchev–Trinajstić information content (AvgIpc) is 3.13. The molecule has 1 aromatic rings. The first-order chi connectivity index (χ1) is 13.3. The second kappa shape index (κ2) is 9.22. The molecule has 0 bridgehead atoms. The predicted molar refractivity (Wildman–Crippen MR) is 108 cm³/mol. The summed E-state index contributed by atoms with van der Waals surface area (Å²) in [4.78, 5) is 19.5. The van der Waals surface area contributed by atoms with Gasteiger partial charge in [-0.15, -0.1) is 0 Å². The Hall–Kier alpha value is -1.36. The number of piperidine rings is 1. The molecule has 2 saturated carbocycles. The highest BCUT2D eigenvalue weighted by Gasteiger charge is 2.27. The van der Waals surface area contributed by atoms with Crippen LogP contribution in [-0.4, -0.2) is 46.0 Å². The quantitative estimate of drug-likeness (QED) is 0.794. The van der Waals surface area contributed by atoms with Gasteiger partial charge in [0, 0.05) is 50.4 Å². The molecule has 0 aromatic carbocycles. The molecule has 4 rings (SSSR count). The van der Waals surface area contributed by atoms with Crippen LogP contribution in [0.4, 0.5) is 0 Å². The van der Waals surface area contributed by atoms with Crippen molar-refractivity contribution in [2.75, 3.05) is 19.6 Å². The summed E-state index contributed by atoms with van der Waals surface area (Å²) in [5.74, 6) is 2.91. The predicted octanol–water partition coefficient (Wildman–Crippen LogP) is 3.70. The Morgan fingerprint density at radius 2 is 1.93 bits per heavy atom. The van der Waals surface area contributed by atoms with Gasteiger partial charge in [-0.2, -0.15) is 0 Å². The third kappa shape index (κ3) is 5.13. The van der Waals surface area contributed by atoms with Crippen LogP contribution in [0.5, 0.6) is 0 Å². The summed E-state index contributed by atoms with van der Waals surface area (Å²) in [6.45, 7) is 4.21. The molecule has 0 spiro atoms. The van der Waals surface area contributed by atoms with Crippen LogP contribution >= 0.6 is 0 Å². The number of likely N-dealkylation sites (tertiary alicyclic amines) is 1. The number of nitrogens with zero attached hydrogens (tertiary/aromatic N) is 3. The van der Waals surface area contributed by atoms with Crippen LogP contribution < -0.4 is 5.32 Å². The first kappa shape index (κ1) is 19.0. The van der Waals surface area contributed by atoms with Gasteiger partial charge in [-0.3, -0.25) is 4.79 Å². The number of hydrogen-bond donors (Lipinski definition) is 1. The third-order valence-corrected chi connectivity index (χ3v) is 6.92. The van der Waals surface area contributed by atoms with Crippen LogP contribution in [0.25, 0.3) is 0 Å². The molecule has 27 heavy (non-hydrogen) atoms. The van der Waals surface area contributed by atoms with Crippen molar-refractivity contribution in [1.29, 1.82) is 0 Å². The number of carbonyl (C=O) groups excluding carboxylic acids is 1. The molecule has 5 nitrogen and oxygen atoms in total. The monoisotopic (exact) mass is 372 g/mol. The second-order valence-electron chi connectivity index (χ2n) is 9.03. The first-order valence-electron chi connectivity index (χ1n) is 11.3. The molecule has 1 N–H and O–H groups in total. The van der Waals surface area contributed by atoms with Gasteiger partial charge >= 0.3 is 0 Å². The van der Waals surface area contributed by atoms with E-state index in [9.17, 15) is 4.79 Å². The van der Waals surface area contributed by atoms with Gasteiger partial charge in [0.2, 0.25) is 5.91 Å². The molecule has 150 valence electrons. The minimum atomic E-state index is 0.246. The van der Waals surface area contributed by atoms with Gasteiger partial charge in [0.05, 0.1) is 0 Å². The molecule has 2 aliphatic carbocycles. The SMILES string of the molecule is O=C(CCN1CCCC(c2nccn2CC2CCC2)C1)NC1CCCCC1. The van der Waals surface area contributed by atoms with E-state index in [-0.39, 0.29) is 5.91 Å². The normalized spacial score (nSPS) is 25.3. The summed E-state index contributed by atoms with van der Waals surface area (Å²) in [5.41, 5.74) is 0. The molecule has 1 saturated heterocycles. The summed E-state index contributed by atoms with van der Waals surface area (Å²) >= 11 is 0. The standard InChI is InChI=1S/C22H36N4O/c27-21(24-20-9-2-1-3-10-20)11-14-25-13-5-8-19(17-25)22-23-12-15-26(22)16-18-6-4-7-18/h12,15,18-20H,1-11,13-14,16-17H2,(H,24,27). The minimum absolute atomic E-state index is 0.246. The van der Waals surface area contributed by atoms with E-state index in [1.807, 2.05) is 6.20 Å². The fourth-order valence-corrected chi connectivity index (χ4v) is 5.06. The van der Waals surface area contributed by atoms with E-state index in [1.165, 1.54) is 70.0 Å². The number of amides is 1. The van der Waals surface area contributed by atoms with Gasteiger partial charge in [-0.25, -0.2) is 4.98 Å². The van der Waals surface area contributed by atoms with Crippen LogP contribution in [0.2, 0.25) is 0 Å². The van der Waals surface area contributed by atoms with E-state index >= 15 is 0 Å². The highest BCUT2D eigenvalue weighted by Crippen LogP contribution is 2.31. The van der Waals surface area contributed by atoms with E-state index in [1.54, 1.807) is 0 Å². The van der Waals surface area contributed by atoms with Crippen molar-refractivity contribution in [3.05, 3.63) is 18.2 Å². The Morgan fingerprint density at radius 3 is 2.70 bits per heavy atom. The summed E-state index contributed by atoms with van der Waals surface area (Å²) in [6, 6.07) is 0.430. The molecule has 5 heteroatoms. The molecule has 1 aliphatic heterocycles. The summed E-state index contributed by atoms with van der Waals surface area (Å²) in [7, 11) is 0. The lowest BCUT2D eigenvalue weighted by Crippen LogP contribution is -2.40. The Kier molecular flexibility index (Phi) is 6.48. The van der Waals surface area contributed by atoms with Crippen molar-refractivity contribution in [1.82, 2.24) is 19.8 Å². The average molecular weight is 373 g/mol. The molecule has 1 aromatic heterocycles. The Balaban J connectivity index is 1.24. The summed E-state index contributed by atoms with van der Waals surface area (Å²) in [5, 5.41) is 3.26. The van der Waals surface area contributed by atoms with Crippen molar-refractivity contribution in [2.24, 2.45) is 5.92 Å². The molecular formula is C22H36N4O. The zero-order valence-corrected chi connectivity index (χ0v) is 16.7. The van der Waals surface area contributed by atoms with Crippen LogP contribution in [0.3, 0.4) is 0 Å². The van der Waals surface area contributed by atoms with Gasteiger partial charge < -0.3 is 14.8 Å². The molecule has 3 aliphatic rings. The Labute approximate surface area is 163 Å². The maximum atomic E-state index is 12.3. The second-order valence-corrected chi connectivity index (χ2v) is 9.03. The maximum Gasteiger partial charge on any atom is 0.221 e. The van der Waals surface area contributed by atoms with Crippen molar-refractivity contribution in [3.63, 3.8) is 0 Å². The van der Waals surface area contributed by atoms with Crippen LogP contribution in [0.15, 0.2) is 12.4 Å². The number of carbonyl (C=O) groups is 1. The zero-order valence-electron chi connectivity index (χ0n) is 16.7. The minimum Gasteiger partial charge on any atom is -0.353 e. The molecule has 1 unspecified atom stereocenters. The number of imidazole rings is 1. The lowest BCUT2D eigenvalue weighted by Gasteiger charge is -2.33. The van der Waals surface area contributed by atoms with Crippen LogP contribution in [0.1, 0.15) is 82.4 Å². The van der Waals surface area contributed by atoms with Gasteiger partial charge in [-0.1, -0.05) is 25.7 Å². The topological polar surface area (TPSA) is 50.2 Å². The molecular weight excluding hydrogens is 336 g/mol. The van der Waals surface area contributed by atoms with E-state index in [0.717, 1.165) is 32.1 Å². The van der Waals surface area contributed by atoms with E-state index in [0.29, 0.717) is 18.4 Å². The number of aromatic nitrogens is 2. The lowest BCUT2D eigenvalue weighted by atomic mass is 9.85. The highest BCUT2D eigenvalue weighted by atomic mass is 16.1. The van der Waals surface area contributed by atoms with Crippen molar-refractivity contribution >= 4 is 5.91 Å². The number of nitrogens with one attached hydrogen (secondary N) is 1. The van der Waals surface area contributed by atoms with E-state index < -0.39 is 0 Å². The lowest BCUT2D eigenvalue weighted by molar-refractivity contribution is -0.122. The third-order valence-electron chi connectivity index (χ3n) is 6.92. The first-order valence-corrected chi connectivity index (χ1v) is 11.3. The van der Waals surface area contributed by atoms with Gasteiger partial charge in [-0.05, 0) is 51.0 Å². The largest absolute Gasteiger partial charge is 0.353 e. The number of rotatable bonds is 7. The number of hydrogen-bond acceptors (Lipinski definition) is 3. The fraction of sp³-hybridized carbons (Fsp3) is 0.818. The van der Waals surface area contributed by atoms with E-state index in [2.05, 4.69) is 21.0 Å². The van der Waals surface area contributed by atoms with Crippen molar-refractivity contribution in [3.8, 4) is 0 Å². The highest BCUT2D eigenvalue weighted by molar-refractivity contribution is 5.76. The maximum absolute atomic E-state index is 12.3. The molecule has 3 fully saturated rings. The Morgan fingerprint density at radius 1 is 1.07 bits per heavy atom. The smallest absolute Gasteiger partial charge is 0.221 e. The zero-order chi connectivity index (χ0) is 18.5. The molecule has 0 radical (unpaired) electrons. The van der Waals surface area contributed by atoms with E-state index in [4.69, 9.17) is 4.98 Å². The molecule has 1 atom stereocenters. The molecule has 2 heterocycles. The molecule has 1 amide bonds. The van der Waals surface area contributed by atoms with Gasteiger partial charge in [0.1, 0.15) is 5.82 Å². The van der Waals surface area contributed by atoms with Gasteiger partial charge in [0.25, 0.3) is 0 Å². The van der Waals surface area contributed by atoms with Gasteiger partial charge in [0.15, 0.2) is 0 Å². The van der Waals surface area contributed by atoms with Crippen LogP contribution in [0, 0.1) is 5.92 Å².